The summed E-state index contributed by atoms with van der Waals surface area (Å²) in [5, 5.41) is 5.93. The van der Waals surface area contributed by atoms with Crippen molar-refractivity contribution in [3.63, 3.8) is 0 Å². The third-order valence-corrected chi connectivity index (χ3v) is 7.12. The lowest BCUT2D eigenvalue weighted by Crippen LogP contribution is -2.22. The molecule has 0 radical (unpaired) electrons. The molecule has 0 aromatic heterocycles. The second-order valence-electron chi connectivity index (χ2n) is 10.7. The van der Waals surface area contributed by atoms with Gasteiger partial charge in [0.25, 0.3) is 5.91 Å². The largest absolute Gasteiger partial charge is 0.465 e. The number of Topliss-reactive ketones (excluding diaryl/α,β-unsaturated/α-hetero) is 1. The Morgan fingerprint density at radius 2 is 1.64 bits per heavy atom. The van der Waals surface area contributed by atoms with Crippen molar-refractivity contribution in [3.8, 4) is 0 Å². The number of nitrogens with one attached hydrogen (secondary N) is 2. The van der Waals surface area contributed by atoms with Gasteiger partial charge in [-0.3, -0.25) is 9.59 Å². The molecule has 9 nitrogen and oxygen atoms in total. The molecule has 2 aromatic rings. The van der Waals surface area contributed by atoms with Crippen LogP contribution in [-0.4, -0.2) is 29.7 Å². The third kappa shape index (κ3) is 10.9. The molecule has 0 aliphatic heterocycles. The van der Waals surface area contributed by atoms with Crippen LogP contribution in [0.25, 0.3) is 0 Å². The first-order valence-corrected chi connectivity index (χ1v) is 15.1. The van der Waals surface area contributed by atoms with Crippen molar-refractivity contribution in [3.05, 3.63) is 120 Å². The minimum Gasteiger partial charge on any atom is -0.465 e. The van der Waals surface area contributed by atoms with Crippen LogP contribution < -0.4 is 22.1 Å². The summed E-state index contributed by atoms with van der Waals surface area (Å²) >= 11 is 0. The molecule has 1 unspecified atom stereocenters. The van der Waals surface area contributed by atoms with Crippen LogP contribution in [0.1, 0.15) is 78.8 Å². The van der Waals surface area contributed by atoms with Crippen LogP contribution in [0.5, 0.6) is 0 Å². The molecular formula is C36H47N5O4. The van der Waals surface area contributed by atoms with Gasteiger partial charge in [0.2, 0.25) is 0 Å². The summed E-state index contributed by atoms with van der Waals surface area (Å²) in [6.45, 7) is 15.4. The van der Waals surface area contributed by atoms with E-state index in [4.69, 9.17) is 16.2 Å². The van der Waals surface area contributed by atoms with Crippen molar-refractivity contribution >= 4 is 29.0 Å². The maximum Gasteiger partial charge on any atom is 0.339 e. The minimum atomic E-state index is -0.599. The predicted octanol–water partition coefficient (Wildman–Crippen LogP) is 6.77. The van der Waals surface area contributed by atoms with Crippen LogP contribution in [0.3, 0.4) is 0 Å². The molecule has 9 heteroatoms. The Labute approximate surface area is 267 Å². The van der Waals surface area contributed by atoms with Crippen LogP contribution in [0, 0.1) is 5.92 Å². The van der Waals surface area contributed by atoms with Gasteiger partial charge in [0.05, 0.1) is 24.1 Å². The summed E-state index contributed by atoms with van der Waals surface area (Å²) in [6, 6.07) is 11.1. The van der Waals surface area contributed by atoms with E-state index in [1.54, 1.807) is 23.2 Å². The fourth-order valence-electron chi connectivity index (χ4n) is 4.38. The fraction of sp³-hybridized carbons (Fsp3) is 0.306. The van der Waals surface area contributed by atoms with Crippen molar-refractivity contribution in [2.45, 2.75) is 59.8 Å². The van der Waals surface area contributed by atoms with Crippen LogP contribution in [-0.2, 0) is 22.4 Å². The summed E-state index contributed by atoms with van der Waals surface area (Å²) in [4.78, 5) is 40.1. The number of carbonyl (C=O) groups excluding carboxylic acids is 3. The van der Waals surface area contributed by atoms with Gasteiger partial charge in [-0.1, -0.05) is 52.1 Å². The second kappa shape index (κ2) is 17.9. The summed E-state index contributed by atoms with van der Waals surface area (Å²) < 4.78 is 4.92. The highest BCUT2D eigenvalue weighted by atomic mass is 16.5. The van der Waals surface area contributed by atoms with Crippen LogP contribution in [0.4, 0.5) is 11.4 Å². The molecule has 0 saturated carbocycles. The second-order valence-corrected chi connectivity index (χ2v) is 10.7. The van der Waals surface area contributed by atoms with Crippen molar-refractivity contribution in [2.24, 2.45) is 17.4 Å². The van der Waals surface area contributed by atoms with Gasteiger partial charge in [0.1, 0.15) is 5.82 Å². The SMILES string of the molecule is C=CN(/C=C\CC)/C(N)=C/C=C(\N)C(=O)Nc1cc(CCCc2ccc(NC(=C)C)c(C(=O)C(C)CC)c2)ccc1C(=O)OC. The number of rotatable bonds is 17. The van der Waals surface area contributed by atoms with E-state index in [9.17, 15) is 14.4 Å². The zero-order valence-electron chi connectivity index (χ0n) is 27.1. The normalized spacial score (nSPS) is 12.4. The van der Waals surface area contributed by atoms with E-state index < -0.39 is 11.9 Å². The number of benzene rings is 2. The first-order chi connectivity index (χ1) is 21.4. The molecule has 0 bridgehead atoms. The Morgan fingerprint density at radius 3 is 2.24 bits per heavy atom. The number of esters is 1. The summed E-state index contributed by atoms with van der Waals surface area (Å²) in [7, 11) is 1.28. The molecule has 45 heavy (non-hydrogen) atoms. The van der Waals surface area contributed by atoms with Crippen molar-refractivity contribution in [2.75, 3.05) is 17.7 Å². The van der Waals surface area contributed by atoms with Gasteiger partial charge in [-0.25, -0.2) is 4.79 Å². The molecule has 0 spiro atoms. The molecule has 0 fully saturated rings. The summed E-state index contributed by atoms with van der Waals surface area (Å²) in [5.41, 5.74) is 16.6. The van der Waals surface area contributed by atoms with Gasteiger partial charge in [-0.2, -0.15) is 0 Å². The van der Waals surface area contributed by atoms with E-state index in [-0.39, 0.29) is 28.6 Å². The first-order valence-electron chi connectivity index (χ1n) is 15.1. The lowest BCUT2D eigenvalue weighted by molar-refractivity contribution is -0.112. The van der Waals surface area contributed by atoms with E-state index in [2.05, 4.69) is 23.8 Å². The fourth-order valence-corrected chi connectivity index (χ4v) is 4.38. The monoisotopic (exact) mass is 613 g/mol. The van der Waals surface area contributed by atoms with Gasteiger partial charge in [0, 0.05) is 35.3 Å². The number of ether oxygens (including phenoxy) is 1. The van der Waals surface area contributed by atoms with Gasteiger partial charge < -0.3 is 31.7 Å². The number of ketones is 1. The number of hydrogen-bond donors (Lipinski definition) is 4. The summed E-state index contributed by atoms with van der Waals surface area (Å²) in [6.07, 6.45) is 11.8. The molecule has 240 valence electrons. The lowest BCUT2D eigenvalue weighted by atomic mass is 9.93. The Kier molecular flexibility index (Phi) is 14.4. The number of nitrogens with two attached hydrogens (primary N) is 2. The Morgan fingerprint density at radius 1 is 0.978 bits per heavy atom. The highest BCUT2D eigenvalue weighted by Gasteiger charge is 2.19. The molecule has 6 N–H and O–H groups in total. The number of carbonyl (C=O) groups is 3. The van der Waals surface area contributed by atoms with Gasteiger partial charge in [-0.15, -0.1) is 0 Å². The molecular weight excluding hydrogens is 566 g/mol. The number of methoxy groups -OCH3 is 1. The van der Waals surface area contributed by atoms with E-state index in [1.165, 1.54) is 25.5 Å². The molecule has 0 saturated heterocycles. The van der Waals surface area contributed by atoms with Crippen LogP contribution >= 0.6 is 0 Å². The molecule has 2 rings (SSSR count). The maximum atomic E-state index is 13.1. The zero-order valence-corrected chi connectivity index (χ0v) is 27.1. The van der Waals surface area contributed by atoms with Crippen LogP contribution in [0.2, 0.25) is 0 Å². The highest BCUT2D eigenvalue weighted by Crippen LogP contribution is 2.25. The number of hydrogen-bond acceptors (Lipinski definition) is 8. The molecule has 1 atom stereocenters. The van der Waals surface area contributed by atoms with E-state index >= 15 is 0 Å². The van der Waals surface area contributed by atoms with E-state index in [1.807, 2.05) is 58.0 Å². The zero-order chi connectivity index (χ0) is 33.5. The Balaban J connectivity index is 2.23. The maximum absolute atomic E-state index is 13.1. The Bertz CT molecular complexity index is 1490. The molecule has 2 aromatic carbocycles. The number of nitrogens with zero attached hydrogens (tertiary/aromatic N) is 1. The average Bonchev–Trinajstić information content (AvgIpc) is 3.03. The quantitative estimate of drug-likeness (QED) is 0.0663. The topological polar surface area (TPSA) is 140 Å². The number of amides is 1. The summed E-state index contributed by atoms with van der Waals surface area (Å²) in [5.74, 6) is -0.858. The van der Waals surface area contributed by atoms with Crippen LogP contribution in [0.15, 0.2) is 97.4 Å². The lowest BCUT2D eigenvalue weighted by Gasteiger charge is -2.16. The number of allylic oxidation sites excluding steroid dienone is 4. The third-order valence-electron chi connectivity index (χ3n) is 7.12. The van der Waals surface area contributed by atoms with E-state index in [0.717, 1.165) is 48.2 Å². The van der Waals surface area contributed by atoms with E-state index in [0.29, 0.717) is 17.8 Å². The Hall–Kier alpha value is -5.05. The number of aryl methyl sites for hydroxylation is 2. The van der Waals surface area contributed by atoms with Crippen molar-refractivity contribution < 1.29 is 19.1 Å². The predicted molar refractivity (Wildman–Crippen MR) is 183 cm³/mol. The molecule has 0 heterocycles. The molecule has 1 amide bonds. The van der Waals surface area contributed by atoms with Crippen molar-refractivity contribution in [1.29, 1.82) is 0 Å². The van der Waals surface area contributed by atoms with Gasteiger partial charge in [-0.05, 0) is 86.6 Å². The highest BCUT2D eigenvalue weighted by molar-refractivity contribution is 6.07. The number of anilines is 2. The van der Waals surface area contributed by atoms with Gasteiger partial charge in [0.15, 0.2) is 5.78 Å². The van der Waals surface area contributed by atoms with Crippen molar-refractivity contribution in [1.82, 2.24) is 4.90 Å². The molecule has 0 aliphatic rings. The molecule has 0 aliphatic carbocycles. The minimum absolute atomic E-state index is 0.0880. The first kappa shape index (κ1) is 36.1. The standard InChI is InChI=1S/C36H47N5O4/c1-8-11-21-41(10-3)33(38)20-18-30(37)35(43)40-32-23-27(15-17-28(32)36(44)45-7)14-12-13-26-16-19-31(39-24(4)5)29(22-26)34(42)25(6)9-2/h10-11,15-23,25,39H,3-4,8-9,12-14,37-38H2,1-2,5-7H3,(H,40,43)/b21-11-,30-18-,33-20+. The average molecular weight is 614 g/mol. The van der Waals surface area contributed by atoms with Gasteiger partial charge >= 0.3 is 5.97 Å². The smallest absolute Gasteiger partial charge is 0.339 e.